The van der Waals surface area contributed by atoms with Crippen molar-refractivity contribution in [3.63, 3.8) is 0 Å². The Balaban J connectivity index is 2.03. The maximum absolute atomic E-state index is 13.2. The quantitative estimate of drug-likeness (QED) is 0.829. The van der Waals surface area contributed by atoms with E-state index in [9.17, 15) is 8.42 Å². The molecule has 1 aliphatic heterocycles. The predicted molar refractivity (Wildman–Crippen MR) is 98.0 cm³/mol. The lowest BCUT2D eigenvalue weighted by Gasteiger charge is -2.35. The number of nitrogens with one attached hydrogen (secondary N) is 1. The molecular formula is C18H22N2O2S2. The minimum absolute atomic E-state index is 0.142. The standard InChI is InChI=1S/C18H22N2O2S2/c1-13-6-8-15(9-7-13)24(21,22)20-12-4-3-5-17(20)16-10-11-18(23)19-14(16)2/h6-11,17H,3-5,12H2,1-2H3,(H,19,23)/t17-/m0/s1. The molecule has 3 rings (SSSR count). The first-order valence-corrected chi connectivity index (χ1v) is 10.0. The van der Waals surface area contributed by atoms with Crippen LogP contribution in [0.3, 0.4) is 0 Å². The van der Waals surface area contributed by atoms with Gasteiger partial charge in [0.2, 0.25) is 10.0 Å². The van der Waals surface area contributed by atoms with Gasteiger partial charge in [-0.1, -0.05) is 42.4 Å². The Morgan fingerprint density at radius 1 is 1.08 bits per heavy atom. The number of hydrogen-bond acceptors (Lipinski definition) is 3. The van der Waals surface area contributed by atoms with Crippen molar-refractivity contribution < 1.29 is 8.42 Å². The van der Waals surface area contributed by atoms with Gasteiger partial charge in [-0.2, -0.15) is 4.31 Å². The molecule has 0 amide bonds. The molecule has 1 fully saturated rings. The van der Waals surface area contributed by atoms with Crippen LogP contribution in [0.5, 0.6) is 0 Å². The molecule has 0 saturated carbocycles. The van der Waals surface area contributed by atoms with E-state index in [2.05, 4.69) is 4.98 Å². The molecule has 6 heteroatoms. The van der Waals surface area contributed by atoms with Gasteiger partial charge in [0.1, 0.15) is 4.64 Å². The minimum atomic E-state index is -3.51. The molecule has 0 bridgehead atoms. The fourth-order valence-corrected chi connectivity index (χ4v) is 5.19. The van der Waals surface area contributed by atoms with E-state index < -0.39 is 10.0 Å². The summed E-state index contributed by atoms with van der Waals surface area (Å²) in [7, 11) is -3.51. The maximum atomic E-state index is 13.2. The van der Waals surface area contributed by atoms with Gasteiger partial charge in [-0.15, -0.1) is 0 Å². The van der Waals surface area contributed by atoms with Crippen LogP contribution >= 0.6 is 12.2 Å². The average molecular weight is 363 g/mol. The Bertz CT molecular complexity index is 886. The lowest BCUT2D eigenvalue weighted by atomic mass is 9.97. The van der Waals surface area contributed by atoms with Crippen molar-refractivity contribution in [3.8, 4) is 0 Å². The average Bonchev–Trinajstić information content (AvgIpc) is 2.55. The summed E-state index contributed by atoms with van der Waals surface area (Å²) in [5, 5.41) is 0. The normalized spacial score (nSPS) is 19.3. The Morgan fingerprint density at radius 2 is 1.79 bits per heavy atom. The molecule has 1 aromatic carbocycles. The molecule has 1 aromatic heterocycles. The monoisotopic (exact) mass is 362 g/mol. The van der Waals surface area contributed by atoms with Crippen molar-refractivity contribution in [1.82, 2.24) is 9.29 Å². The lowest BCUT2D eigenvalue weighted by Crippen LogP contribution is -2.38. The molecule has 1 atom stereocenters. The smallest absolute Gasteiger partial charge is 0.243 e. The summed E-state index contributed by atoms with van der Waals surface area (Å²) in [6.45, 7) is 4.46. The topological polar surface area (TPSA) is 53.2 Å². The second kappa shape index (κ2) is 6.78. The lowest BCUT2D eigenvalue weighted by molar-refractivity contribution is 0.254. The third kappa shape index (κ3) is 3.31. The van der Waals surface area contributed by atoms with Crippen LogP contribution in [-0.2, 0) is 10.0 Å². The van der Waals surface area contributed by atoms with Crippen molar-refractivity contribution in [3.05, 3.63) is 57.9 Å². The van der Waals surface area contributed by atoms with E-state index in [1.165, 1.54) is 0 Å². The van der Waals surface area contributed by atoms with Crippen LogP contribution in [0, 0.1) is 18.5 Å². The maximum Gasteiger partial charge on any atom is 0.243 e. The number of benzene rings is 1. The number of nitrogens with zero attached hydrogens (tertiary/aromatic N) is 1. The molecule has 4 nitrogen and oxygen atoms in total. The first kappa shape index (κ1) is 17.3. The number of rotatable bonds is 3. The molecule has 128 valence electrons. The molecule has 0 radical (unpaired) electrons. The third-order valence-corrected chi connectivity index (χ3v) is 6.76. The zero-order valence-electron chi connectivity index (χ0n) is 14.0. The molecule has 24 heavy (non-hydrogen) atoms. The summed E-state index contributed by atoms with van der Waals surface area (Å²) >= 11 is 5.16. The van der Waals surface area contributed by atoms with E-state index in [0.29, 0.717) is 16.1 Å². The molecule has 0 spiro atoms. The molecule has 1 saturated heterocycles. The fourth-order valence-electron chi connectivity index (χ4n) is 3.30. The zero-order valence-corrected chi connectivity index (χ0v) is 15.6. The van der Waals surface area contributed by atoms with Gasteiger partial charge in [0.15, 0.2) is 0 Å². The largest absolute Gasteiger partial charge is 0.350 e. The van der Waals surface area contributed by atoms with Crippen LogP contribution in [-0.4, -0.2) is 24.3 Å². The number of H-pyrrole nitrogens is 1. The van der Waals surface area contributed by atoms with Crippen LogP contribution in [0.2, 0.25) is 0 Å². The summed E-state index contributed by atoms with van der Waals surface area (Å²) in [6.07, 6.45) is 2.75. The fraction of sp³-hybridized carbons (Fsp3) is 0.389. The van der Waals surface area contributed by atoms with E-state index in [-0.39, 0.29) is 6.04 Å². The van der Waals surface area contributed by atoms with Crippen molar-refractivity contribution in [1.29, 1.82) is 0 Å². The number of aryl methyl sites for hydroxylation is 2. The van der Waals surface area contributed by atoms with Gasteiger partial charge in [-0.25, -0.2) is 8.42 Å². The zero-order chi connectivity index (χ0) is 17.3. The molecule has 2 aromatic rings. The van der Waals surface area contributed by atoms with Gasteiger partial charge in [-0.3, -0.25) is 0 Å². The van der Waals surface area contributed by atoms with Gasteiger partial charge in [-0.05, 0) is 50.5 Å². The first-order chi connectivity index (χ1) is 11.4. The van der Waals surface area contributed by atoms with Gasteiger partial charge in [0.25, 0.3) is 0 Å². The van der Waals surface area contributed by atoms with Gasteiger partial charge in [0, 0.05) is 12.2 Å². The number of hydrogen-bond donors (Lipinski definition) is 1. The van der Waals surface area contributed by atoms with Crippen LogP contribution in [0.4, 0.5) is 0 Å². The first-order valence-electron chi connectivity index (χ1n) is 8.18. The van der Waals surface area contributed by atoms with Crippen molar-refractivity contribution in [2.75, 3.05) is 6.54 Å². The second-order valence-corrected chi connectivity index (χ2v) is 8.67. The van der Waals surface area contributed by atoms with E-state index in [0.717, 1.165) is 36.1 Å². The number of sulfonamides is 1. The third-order valence-electron chi connectivity index (χ3n) is 4.60. The number of piperidine rings is 1. The Kier molecular flexibility index (Phi) is 4.90. The number of pyridine rings is 1. The molecule has 1 N–H and O–H groups in total. The van der Waals surface area contributed by atoms with Gasteiger partial charge < -0.3 is 4.98 Å². The van der Waals surface area contributed by atoms with Gasteiger partial charge in [0.05, 0.1) is 10.9 Å². The van der Waals surface area contributed by atoms with Crippen LogP contribution in [0.15, 0.2) is 41.3 Å². The summed E-state index contributed by atoms with van der Waals surface area (Å²) in [5.41, 5.74) is 3.01. The molecule has 0 unspecified atom stereocenters. The molecule has 1 aliphatic rings. The molecule has 0 aliphatic carbocycles. The highest BCUT2D eigenvalue weighted by Gasteiger charge is 2.35. The Labute approximate surface area is 148 Å². The van der Waals surface area contributed by atoms with Crippen LogP contribution < -0.4 is 0 Å². The SMILES string of the molecule is Cc1ccc(S(=O)(=O)N2CCCC[C@H]2c2ccc(=S)[nH]c2C)cc1. The summed E-state index contributed by atoms with van der Waals surface area (Å²) in [6, 6.07) is 10.7. The highest BCUT2D eigenvalue weighted by atomic mass is 32.2. The second-order valence-electron chi connectivity index (χ2n) is 6.34. The van der Waals surface area contributed by atoms with E-state index >= 15 is 0 Å². The Hall–Kier alpha value is -1.50. The van der Waals surface area contributed by atoms with Crippen LogP contribution in [0.1, 0.15) is 42.1 Å². The summed E-state index contributed by atoms with van der Waals surface area (Å²) in [4.78, 5) is 3.51. The Morgan fingerprint density at radius 3 is 2.46 bits per heavy atom. The number of aromatic amines is 1. The highest BCUT2D eigenvalue weighted by Crippen LogP contribution is 2.36. The van der Waals surface area contributed by atoms with Crippen molar-refractivity contribution in [2.45, 2.75) is 44.0 Å². The van der Waals surface area contributed by atoms with Crippen molar-refractivity contribution in [2.24, 2.45) is 0 Å². The highest BCUT2D eigenvalue weighted by molar-refractivity contribution is 7.89. The van der Waals surface area contributed by atoms with Crippen LogP contribution in [0.25, 0.3) is 0 Å². The van der Waals surface area contributed by atoms with Gasteiger partial charge >= 0.3 is 0 Å². The van der Waals surface area contributed by atoms with Crippen molar-refractivity contribution >= 4 is 22.2 Å². The minimum Gasteiger partial charge on any atom is -0.350 e. The molecular weight excluding hydrogens is 340 g/mol. The van der Waals surface area contributed by atoms with E-state index in [1.54, 1.807) is 16.4 Å². The summed E-state index contributed by atoms with van der Waals surface area (Å²) in [5.74, 6) is 0. The predicted octanol–water partition coefficient (Wildman–Crippen LogP) is 4.28. The molecule has 2 heterocycles. The van der Waals surface area contributed by atoms with E-state index in [4.69, 9.17) is 12.2 Å². The van der Waals surface area contributed by atoms with E-state index in [1.807, 2.05) is 38.1 Å². The summed E-state index contributed by atoms with van der Waals surface area (Å²) < 4.78 is 28.6. The number of aromatic nitrogens is 1.